The second kappa shape index (κ2) is 54.5. The zero-order valence-corrected chi connectivity index (χ0v) is 61.6. The van der Waals surface area contributed by atoms with Crippen molar-refractivity contribution in [3.8, 4) is 6.07 Å². The molecule has 4 heterocycles. The molecule has 0 bridgehead atoms. The van der Waals surface area contributed by atoms with Crippen LogP contribution in [0.5, 0.6) is 0 Å². The SMILES string of the molecule is C.CC.CC.CC.CC#N.CCCI.COC=CCN(c1ccccc1)c1ccc2nc[c-]cc2c1.NN.NNC=CCN(c1ccccc1)c1ccc2nc[c-]cc2c1.Nc1nnc(CN(c2ccccc2)c2ccc3nc[c-]cc3c2)o1.[Y].[Y].[Y]. The van der Waals surface area contributed by atoms with E-state index in [9.17, 15) is 0 Å². The van der Waals surface area contributed by atoms with Gasteiger partial charge in [0.05, 0.1) is 19.4 Å². The van der Waals surface area contributed by atoms with Crippen molar-refractivity contribution in [1.29, 1.82) is 5.26 Å². The van der Waals surface area contributed by atoms with Crippen LogP contribution >= 0.6 is 22.6 Å². The summed E-state index contributed by atoms with van der Waals surface area (Å²) in [5.41, 5.74) is 17.4. The van der Waals surface area contributed by atoms with Crippen molar-refractivity contribution >= 4 is 95.4 Å². The first-order chi connectivity index (χ1) is 40.9. The molecule has 0 aliphatic heterocycles. The van der Waals surface area contributed by atoms with Gasteiger partial charge in [-0.3, -0.25) is 32.5 Å². The molecule has 453 valence electrons. The van der Waals surface area contributed by atoms with Gasteiger partial charge in [0.15, 0.2) is 0 Å². The number of methoxy groups -OCH3 is 1. The standard InChI is InChI=1S/C19H17N2O.C18H14N5O.C18H17N4.C3H7I.C2H3N.3C2H6.CH4.H4N2.3Y/c1-22-14-6-13-21(17-8-3-2-4-9-17)18-10-11-19-16(15-18)7-5-12-20-19;19-18-22-21-17(24-18)12-23(14-6-2-1-3-7-14)15-8-9-16-13(11-15)5-4-10-20-16;19-21-12-5-13-22(16-7-2-1-3-8-16)17-9-10-18-15(14-17)6-4-11-20-18;1-2-3-4;1-2-3;3*1-2;;1-2;;;/h2-4,6-12,14-15H,13H2,1H3;1-3,5-11H,12H2,(H2,19,22);1-3,5-12,14,21H,13,19H2;2-3H2,1H3;1H3;3*1-2H3;1H4;1-2H2;;;/q3*-1;;;;;;;;;;. The molecule has 0 spiro atoms. The smallest absolute Gasteiger partial charge is 0.312 e. The summed E-state index contributed by atoms with van der Waals surface area (Å²) in [7, 11) is 1.65. The molecule has 0 amide bonds. The fraction of sp³-hybridized carbons (Fsp3) is 0.224. The number of nitriles is 1. The molecule has 16 nitrogen and oxygen atoms in total. The van der Waals surface area contributed by atoms with E-state index in [2.05, 4.69) is 159 Å². The van der Waals surface area contributed by atoms with Crippen LogP contribution in [0.15, 0.2) is 211 Å². The Balaban J connectivity index is -0.00000107. The predicted molar refractivity (Wildman–Crippen MR) is 362 cm³/mol. The summed E-state index contributed by atoms with van der Waals surface area (Å²) in [5.74, 6) is 13.8. The van der Waals surface area contributed by atoms with Crippen molar-refractivity contribution in [3.05, 3.63) is 231 Å². The van der Waals surface area contributed by atoms with Crippen LogP contribution in [0.2, 0.25) is 0 Å². The number of hydrogen-bond donors (Lipinski definition) is 5. The number of nitrogens with zero attached hydrogens (tertiary/aromatic N) is 9. The Morgan fingerprint density at radius 3 is 1.25 bits per heavy atom. The number of nitrogen functional groups attached to an aromatic ring is 1. The number of para-hydroxylation sites is 3. The summed E-state index contributed by atoms with van der Waals surface area (Å²) in [6, 6.07) is 65.8. The van der Waals surface area contributed by atoms with Crippen LogP contribution in [0.4, 0.5) is 40.1 Å². The summed E-state index contributed by atoms with van der Waals surface area (Å²) in [5, 5.41) is 18.2. The summed E-state index contributed by atoms with van der Waals surface area (Å²) >= 11 is 2.35. The molecule has 3 radical (unpaired) electrons. The van der Waals surface area contributed by atoms with Crippen molar-refractivity contribution < 1.29 is 107 Å². The van der Waals surface area contributed by atoms with Gasteiger partial charge < -0.3 is 35.0 Å². The third-order valence-corrected chi connectivity index (χ3v) is 11.8. The normalized spacial score (nSPS) is 9.24. The molecule has 9 N–H and O–H groups in total. The van der Waals surface area contributed by atoms with Gasteiger partial charge in [0.25, 0.3) is 0 Å². The van der Waals surface area contributed by atoms with Gasteiger partial charge in [0.2, 0.25) is 5.89 Å². The zero-order valence-electron chi connectivity index (χ0n) is 50.9. The first kappa shape index (κ1) is 85.6. The minimum Gasteiger partial charge on any atom is -0.505 e. The maximum absolute atomic E-state index is 7.32. The van der Waals surface area contributed by atoms with Gasteiger partial charge in [-0.25, -0.2) is 36.4 Å². The summed E-state index contributed by atoms with van der Waals surface area (Å²) in [6.07, 6.45) is 13.8. The third kappa shape index (κ3) is 30.9. The number of pyridine rings is 3. The number of aromatic nitrogens is 5. The van der Waals surface area contributed by atoms with E-state index in [1.807, 2.05) is 163 Å². The maximum Gasteiger partial charge on any atom is 0.312 e. The Morgan fingerprint density at radius 2 is 0.931 bits per heavy atom. The van der Waals surface area contributed by atoms with Crippen molar-refractivity contribution in [2.75, 3.05) is 45.1 Å². The number of alkyl halides is 1. The second-order valence-electron chi connectivity index (χ2n) is 15.9. The minimum absolute atomic E-state index is 0. The molecule has 0 saturated heterocycles. The average Bonchev–Trinajstić information content (AvgIpc) is 2.54. The van der Waals surface area contributed by atoms with E-state index in [1.165, 1.54) is 17.8 Å². The number of hydrogen-bond acceptors (Lipinski definition) is 16. The van der Waals surface area contributed by atoms with Crippen molar-refractivity contribution in [2.24, 2.45) is 17.5 Å². The van der Waals surface area contributed by atoms with Crippen molar-refractivity contribution in [1.82, 2.24) is 30.6 Å². The van der Waals surface area contributed by atoms with Gasteiger partial charge in [0, 0.05) is 158 Å². The van der Waals surface area contributed by atoms with Gasteiger partial charge in [-0.05, 0) is 94.1 Å². The van der Waals surface area contributed by atoms with Crippen LogP contribution in [0.1, 0.15) is 75.1 Å². The van der Waals surface area contributed by atoms with E-state index >= 15 is 0 Å². The number of ether oxygens (including phenoxy) is 1. The van der Waals surface area contributed by atoms with Gasteiger partial charge in [-0.15, -0.1) is 39.5 Å². The molecule has 0 aliphatic rings. The molecule has 0 atom stereocenters. The molecule has 20 heteroatoms. The van der Waals surface area contributed by atoms with E-state index in [4.69, 9.17) is 26.0 Å². The number of nitrogens with one attached hydrogen (secondary N) is 1. The molecule has 0 saturated carbocycles. The third-order valence-electron chi connectivity index (χ3n) is 10.7. The van der Waals surface area contributed by atoms with E-state index in [0.29, 0.717) is 19.0 Å². The summed E-state index contributed by atoms with van der Waals surface area (Å²) in [4.78, 5) is 19.5. The molecule has 0 unspecified atom stereocenters. The van der Waals surface area contributed by atoms with Crippen molar-refractivity contribution in [2.45, 2.75) is 75.8 Å². The fourth-order valence-corrected chi connectivity index (χ4v) is 7.34. The Labute approximate surface area is 607 Å². The van der Waals surface area contributed by atoms with Crippen LogP contribution in [0.3, 0.4) is 0 Å². The first-order valence-corrected chi connectivity index (χ1v) is 28.7. The molecule has 10 aromatic rings. The van der Waals surface area contributed by atoms with Gasteiger partial charge in [0.1, 0.15) is 6.54 Å². The zero-order chi connectivity index (χ0) is 60.9. The van der Waals surface area contributed by atoms with E-state index in [0.717, 1.165) is 73.4 Å². The molecule has 0 fully saturated rings. The van der Waals surface area contributed by atoms with Crippen molar-refractivity contribution in [3.63, 3.8) is 0 Å². The van der Waals surface area contributed by atoms with Gasteiger partial charge in [-0.1, -0.05) is 175 Å². The van der Waals surface area contributed by atoms with Crippen LogP contribution in [-0.4, -0.2) is 49.8 Å². The molecule has 87 heavy (non-hydrogen) atoms. The van der Waals surface area contributed by atoms with Crippen LogP contribution in [0.25, 0.3) is 32.7 Å². The van der Waals surface area contributed by atoms with Crippen LogP contribution in [-0.2, 0) is 109 Å². The molecular formula is C67H84IN14O2Y3-3. The molecule has 0 aliphatic carbocycles. The average molecular weight is 1510 g/mol. The largest absolute Gasteiger partial charge is 0.505 e. The predicted octanol–water partition coefficient (Wildman–Crippen LogP) is 15.7. The molecule has 4 aromatic heterocycles. The summed E-state index contributed by atoms with van der Waals surface area (Å²) in [6.45, 7) is 17.5. The fourth-order valence-electron chi connectivity index (χ4n) is 7.34. The molecular weight excluding hydrogens is 1430 g/mol. The van der Waals surface area contributed by atoms with E-state index < -0.39 is 0 Å². The Kier molecular flexibility index (Phi) is 53.6. The number of nitrogens with two attached hydrogens (primary N) is 4. The summed E-state index contributed by atoms with van der Waals surface area (Å²) < 4.78 is 11.6. The minimum atomic E-state index is 0. The number of hydrazine groups is 2. The number of halogens is 1. The molecule has 6 aromatic carbocycles. The Morgan fingerprint density at radius 1 is 0.586 bits per heavy atom. The topological polar surface area (TPSA) is 236 Å². The van der Waals surface area contributed by atoms with Gasteiger partial charge >= 0.3 is 6.01 Å². The Bertz CT molecular complexity index is 3230. The maximum atomic E-state index is 7.32. The number of rotatable bonds is 15. The quantitative estimate of drug-likeness (QED) is 0.0160. The Hall–Kier alpha value is -5.62. The van der Waals surface area contributed by atoms with E-state index in [-0.39, 0.29) is 112 Å². The second-order valence-corrected chi connectivity index (χ2v) is 17.0. The van der Waals surface area contributed by atoms with E-state index in [1.54, 1.807) is 44.2 Å². The first-order valence-electron chi connectivity index (χ1n) is 27.2. The monoisotopic (exact) mass is 1510 g/mol. The number of anilines is 7. The van der Waals surface area contributed by atoms with Crippen LogP contribution < -0.4 is 43.4 Å². The van der Waals surface area contributed by atoms with Gasteiger partial charge in [-0.2, -0.15) is 5.26 Å². The number of fused-ring (bicyclic) bond motifs is 3. The number of benzene rings is 6. The molecule has 10 rings (SSSR count). The van der Waals surface area contributed by atoms with Crippen LogP contribution in [0, 0.1) is 29.5 Å².